The van der Waals surface area contributed by atoms with E-state index in [1.807, 2.05) is 60.8 Å². The molecule has 0 amide bonds. The summed E-state index contributed by atoms with van der Waals surface area (Å²) in [6.07, 6.45) is 3.69. The van der Waals surface area contributed by atoms with E-state index < -0.39 is 0 Å². The van der Waals surface area contributed by atoms with E-state index in [0.29, 0.717) is 17.3 Å². The Kier molecular flexibility index (Phi) is 4.10. The molecule has 3 heterocycles. The summed E-state index contributed by atoms with van der Waals surface area (Å²) in [6, 6.07) is 19.6. The summed E-state index contributed by atoms with van der Waals surface area (Å²) in [5.41, 5.74) is 6.65. The lowest BCUT2D eigenvalue weighted by atomic mass is 10.2. The lowest BCUT2D eigenvalue weighted by Gasteiger charge is -2.02. The van der Waals surface area contributed by atoms with Crippen LogP contribution in [-0.4, -0.2) is 31.0 Å². The highest BCUT2D eigenvalue weighted by Crippen LogP contribution is 2.22. The smallest absolute Gasteiger partial charge is 0.185 e. The van der Waals surface area contributed by atoms with Crippen LogP contribution in [0.4, 0.5) is 5.82 Å². The van der Waals surface area contributed by atoms with Gasteiger partial charge in [0, 0.05) is 32.7 Å². The summed E-state index contributed by atoms with van der Waals surface area (Å²) >= 11 is 3.50. The number of benzene rings is 2. The maximum atomic E-state index is 4.56. The largest absolute Gasteiger partial charge is 0.361 e. The monoisotopic (exact) mass is 431 g/mol. The van der Waals surface area contributed by atoms with E-state index >= 15 is 0 Å². The van der Waals surface area contributed by atoms with Crippen LogP contribution in [0.25, 0.3) is 27.9 Å². The number of hydrogen-bond acceptors (Lipinski definition) is 5. The molecule has 2 N–H and O–H groups in total. The van der Waals surface area contributed by atoms with Crippen molar-refractivity contribution < 1.29 is 0 Å². The summed E-state index contributed by atoms with van der Waals surface area (Å²) in [4.78, 5) is 3.23. The predicted molar refractivity (Wildman–Crippen MR) is 113 cm³/mol. The number of rotatable bonds is 4. The van der Waals surface area contributed by atoms with Gasteiger partial charge in [-0.2, -0.15) is 9.62 Å². The molecule has 0 unspecified atom stereocenters. The Morgan fingerprint density at radius 1 is 1.04 bits per heavy atom. The predicted octanol–water partition coefficient (Wildman–Crippen LogP) is 4.48. The van der Waals surface area contributed by atoms with Gasteiger partial charge in [0.15, 0.2) is 17.3 Å². The molecule has 0 saturated heterocycles. The van der Waals surface area contributed by atoms with Gasteiger partial charge in [-0.3, -0.25) is 5.43 Å². The Hall–Kier alpha value is -3.52. The molecule has 8 heteroatoms. The lowest BCUT2D eigenvalue weighted by molar-refractivity contribution is 0.934. The van der Waals surface area contributed by atoms with Crippen molar-refractivity contribution in [3.8, 4) is 11.4 Å². The number of aromatic amines is 1. The number of nitrogens with one attached hydrogen (secondary N) is 2. The number of H-pyrrole nitrogens is 1. The minimum Gasteiger partial charge on any atom is -0.361 e. The standard InChI is InChI=1S/C20H14BrN7/c21-15-6-7-17-16(10-15)14(11-22-17)12-23-24-18-8-9-19-25-26-20(28(19)27-18)13-4-2-1-3-5-13/h1-12,22H,(H,24,27)/b23-12+. The van der Waals surface area contributed by atoms with E-state index in [2.05, 4.69) is 52.8 Å². The van der Waals surface area contributed by atoms with Crippen LogP contribution in [0.5, 0.6) is 0 Å². The van der Waals surface area contributed by atoms with Gasteiger partial charge in [-0.05, 0) is 30.3 Å². The maximum absolute atomic E-state index is 4.56. The van der Waals surface area contributed by atoms with Crippen LogP contribution in [0.3, 0.4) is 0 Å². The highest BCUT2D eigenvalue weighted by atomic mass is 79.9. The summed E-state index contributed by atoms with van der Waals surface area (Å²) < 4.78 is 2.73. The molecule has 7 nitrogen and oxygen atoms in total. The molecule has 5 rings (SSSR count). The lowest BCUT2D eigenvalue weighted by Crippen LogP contribution is -2.00. The van der Waals surface area contributed by atoms with Crippen molar-refractivity contribution in [2.45, 2.75) is 0 Å². The number of hydrazone groups is 1. The maximum Gasteiger partial charge on any atom is 0.185 e. The van der Waals surface area contributed by atoms with Gasteiger partial charge in [0.1, 0.15) is 0 Å². The number of aromatic nitrogens is 5. The fourth-order valence-electron chi connectivity index (χ4n) is 3.00. The van der Waals surface area contributed by atoms with Crippen LogP contribution in [-0.2, 0) is 0 Å². The number of hydrogen-bond donors (Lipinski definition) is 2. The van der Waals surface area contributed by atoms with E-state index in [-0.39, 0.29) is 0 Å². The second-order valence-corrected chi connectivity index (χ2v) is 7.10. The quantitative estimate of drug-likeness (QED) is 0.324. The molecular formula is C20H14BrN7. The highest BCUT2D eigenvalue weighted by molar-refractivity contribution is 9.10. The third-order valence-corrected chi connectivity index (χ3v) is 4.85. The Labute approximate surface area is 168 Å². The molecule has 0 atom stereocenters. The van der Waals surface area contributed by atoms with Crippen LogP contribution in [0.1, 0.15) is 5.56 Å². The minimum absolute atomic E-state index is 0.599. The first kappa shape index (κ1) is 16.6. The zero-order valence-corrected chi connectivity index (χ0v) is 16.1. The van der Waals surface area contributed by atoms with Gasteiger partial charge >= 0.3 is 0 Å². The fourth-order valence-corrected chi connectivity index (χ4v) is 3.37. The van der Waals surface area contributed by atoms with Gasteiger partial charge < -0.3 is 4.98 Å². The molecule has 0 radical (unpaired) electrons. The molecule has 28 heavy (non-hydrogen) atoms. The molecule has 0 aliphatic carbocycles. The van der Waals surface area contributed by atoms with Crippen LogP contribution in [0, 0.1) is 0 Å². The summed E-state index contributed by atoms with van der Waals surface area (Å²) in [5.74, 6) is 1.28. The molecule has 136 valence electrons. The molecule has 0 bridgehead atoms. The van der Waals surface area contributed by atoms with Crippen LogP contribution in [0.2, 0.25) is 0 Å². The number of fused-ring (bicyclic) bond motifs is 2. The van der Waals surface area contributed by atoms with E-state index in [1.165, 1.54) is 0 Å². The van der Waals surface area contributed by atoms with E-state index in [9.17, 15) is 0 Å². The number of nitrogens with zero attached hydrogens (tertiary/aromatic N) is 5. The molecule has 0 fully saturated rings. The van der Waals surface area contributed by atoms with Gasteiger partial charge in [-0.15, -0.1) is 15.3 Å². The average molecular weight is 432 g/mol. The minimum atomic E-state index is 0.599. The number of anilines is 1. The van der Waals surface area contributed by atoms with Crippen molar-refractivity contribution in [2.24, 2.45) is 5.10 Å². The van der Waals surface area contributed by atoms with Crippen molar-refractivity contribution in [1.29, 1.82) is 0 Å². The normalized spacial score (nSPS) is 11.6. The topological polar surface area (TPSA) is 83.3 Å². The molecule has 2 aromatic carbocycles. The van der Waals surface area contributed by atoms with Gasteiger partial charge in [0.25, 0.3) is 0 Å². The Balaban J connectivity index is 1.43. The first-order valence-electron chi connectivity index (χ1n) is 8.61. The Morgan fingerprint density at radius 3 is 2.82 bits per heavy atom. The fraction of sp³-hybridized carbons (Fsp3) is 0. The molecule has 0 aliphatic heterocycles. The SMILES string of the molecule is Brc1ccc2[nH]cc(/C=N/Nc3ccc4nnc(-c5ccccc5)n4n3)c2c1. The Morgan fingerprint density at radius 2 is 1.93 bits per heavy atom. The van der Waals surface area contributed by atoms with Crippen molar-refractivity contribution in [2.75, 3.05) is 5.43 Å². The zero-order valence-electron chi connectivity index (χ0n) is 14.5. The first-order valence-corrected chi connectivity index (χ1v) is 9.41. The average Bonchev–Trinajstić information content (AvgIpc) is 3.32. The summed E-state index contributed by atoms with van der Waals surface area (Å²) in [6.45, 7) is 0. The Bertz CT molecular complexity index is 1300. The summed E-state index contributed by atoms with van der Waals surface area (Å²) in [7, 11) is 0. The van der Waals surface area contributed by atoms with Crippen molar-refractivity contribution >= 4 is 44.5 Å². The molecule has 0 spiro atoms. The highest BCUT2D eigenvalue weighted by Gasteiger charge is 2.09. The van der Waals surface area contributed by atoms with Gasteiger partial charge in [-0.25, -0.2) is 0 Å². The summed E-state index contributed by atoms with van der Waals surface area (Å²) in [5, 5.41) is 18.4. The molecular weight excluding hydrogens is 418 g/mol. The van der Waals surface area contributed by atoms with E-state index in [1.54, 1.807) is 10.7 Å². The second-order valence-electron chi connectivity index (χ2n) is 6.18. The zero-order chi connectivity index (χ0) is 18.9. The van der Waals surface area contributed by atoms with Crippen LogP contribution >= 0.6 is 15.9 Å². The van der Waals surface area contributed by atoms with Crippen LogP contribution < -0.4 is 5.43 Å². The van der Waals surface area contributed by atoms with Gasteiger partial charge in [0.2, 0.25) is 0 Å². The van der Waals surface area contributed by atoms with E-state index in [0.717, 1.165) is 26.5 Å². The second kappa shape index (κ2) is 6.90. The van der Waals surface area contributed by atoms with Crippen molar-refractivity contribution in [3.63, 3.8) is 0 Å². The van der Waals surface area contributed by atoms with Crippen molar-refractivity contribution in [3.05, 3.63) is 76.9 Å². The molecule has 0 aliphatic rings. The van der Waals surface area contributed by atoms with E-state index in [4.69, 9.17) is 0 Å². The molecule has 5 aromatic rings. The number of halogens is 1. The van der Waals surface area contributed by atoms with Gasteiger partial charge in [-0.1, -0.05) is 46.3 Å². The first-order chi connectivity index (χ1) is 13.8. The third-order valence-electron chi connectivity index (χ3n) is 4.35. The van der Waals surface area contributed by atoms with Crippen molar-refractivity contribution in [1.82, 2.24) is 24.8 Å². The van der Waals surface area contributed by atoms with Crippen LogP contribution in [0.15, 0.2) is 76.4 Å². The van der Waals surface area contributed by atoms with Gasteiger partial charge in [0.05, 0.1) is 6.21 Å². The molecule has 0 saturated carbocycles. The molecule has 3 aromatic heterocycles. The third kappa shape index (κ3) is 3.03.